The second kappa shape index (κ2) is 7.70. The quantitative estimate of drug-likeness (QED) is 0.753. The number of carbonyl (C=O) groups excluding carboxylic acids is 1. The molecule has 1 saturated carbocycles. The Kier molecular flexibility index (Phi) is 5.38. The van der Waals surface area contributed by atoms with Gasteiger partial charge >= 0.3 is 6.03 Å². The molecule has 25 heavy (non-hydrogen) atoms. The van der Waals surface area contributed by atoms with Crippen molar-refractivity contribution in [3.63, 3.8) is 0 Å². The van der Waals surface area contributed by atoms with Crippen LogP contribution < -0.4 is 10.6 Å². The predicted octanol–water partition coefficient (Wildman–Crippen LogP) is 2.28. The molecule has 1 fully saturated rings. The monoisotopic (exact) mass is 342 g/mol. The number of urea groups is 1. The van der Waals surface area contributed by atoms with Gasteiger partial charge in [-0.2, -0.15) is 5.10 Å². The molecule has 134 valence electrons. The van der Waals surface area contributed by atoms with Crippen molar-refractivity contribution < 1.29 is 9.90 Å². The maximum absolute atomic E-state index is 12.2. The van der Waals surface area contributed by atoms with Crippen LogP contribution in [0, 0.1) is 5.41 Å². The van der Waals surface area contributed by atoms with Gasteiger partial charge in [0.15, 0.2) is 0 Å². The molecule has 1 aromatic carbocycles. The second-order valence-corrected chi connectivity index (χ2v) is 7.11. The minimum Gasteiger partial charge on any atom is -0.396 e. The Morgan fingerprint density at radius 1 is 1.40 bits per heavy atom. The molecule has 6 nitrogen and oxygen atoms in total. The van der Waals surface area contributed by atoms with Gasteiger partial charge in [0.05, 0.1) is 13.2 Å². The minimum atomic E-state index is -0.207. The molecule has 1 aliphatic carbocycles. The number of aromatic nitrogens is 2. The van der Waals surface area contributed by atoms with E-state index in [1.807, 2.05) is 36.0 Å². The Bertz CT molecular complexity index is 701. The van der Waals surface area contributed by atoms with Gasteiger partial charge in [-0.05, 0) is 30.0 Å². The van der Waals surface area contributed by atoms with Crippen LogP contribution >= 0.6 is 0 Å². The number of rotatable bonds is 6. The first-order chi connectivity index (χ1) is 12.1. The highest BCUT2D eigenvalue weighted by atomic mass is 16.3. The van der Waals surface area contributed by atoms with E-state index in [4.69, 9.17) is 0 Å². The van der Waals surface area contributed by atoms with E-state index in [1.165, 1.54) is 0 Å². The zero-order valence-electron chi connectivity index (χ0n) is 14.6. The smallest absolute Gasteiger partial charge is 0.315 e. The lowest BCUT2D eigenvalue weighted by molar-refractivity contribution is 0.121. The summed E-state index contributed by atoms with van der Waals surface area (Å²) in [4.78, 5) is 12.2. The molecule has 1 heterocycles. The van der Waals surface area contributed by atoms with E-state index in [9.17, 15) is 9.90 Å². The number of hydrogen-bond acceptors (Lipinski definition) is 3. The topological polar surface area (TPSA) is 79.2 Å². The number of carbonyl (C=O) groups is 1. The maximum atomic E-state index is 12.2. The molecule has 0 bridgehead atoms. The van der Waals surface area contributed by atoms with Crippen LogP contribution in [-0.4, -0.2) is 33.6 Å². The summed E-state index contributed by atoms with van der Waals surface area (Å²) in [5, 5.41) is 19.7. The first-order valence-corrected chi connectivity index (χ1v) is 8.79. The van der Waals surface area contributed by atoms with Gasteiger partial charge < -0.3 is 15.7 Å². The molecular weight excluding hydrogens is 316 g/mol. The van der Waals surface area contributed by atoms with Gasteiger partial charge in [-0.1, -0.05) is 37.6 Å². The molecule has 3 rings (SSSR count). The summed E-state index contributed by atoms with van der Waals surface area (Å²) >= 11 is 0. The normalized spacial score (nSPS) is 22.7. The third kappa shape index (κ3) is 4.39. The Balaban J connectivity index is 1.52. The predicted molar refractivity (Wildman–Crippen MR) is 96.0 cm³/mol. The van der Waals surface area contributed by atoms with Crippen molar-refractivity contribution in [2.45, 2.75) is 45.3 Å². The Hall–Kier alpha value is -2.34. The number of nitrogens with one attached hydrogen (secondary N) is 2. The van der Waals surface area contributed by atoms with Crippen molar-refractivity contribution in [2.24, 2.45) is 5.41 Å². The summed E-state index contributed by atoms with van der Waals surface area (Å²) in [5.41, 5.74) is 1.99. The summed E-state index contributed by atoms with van der Waals surface area (Å²) in [5.74, 6) is 0. The zero-order chi connectivity index (χ0) is 17.7. The number of nitrogens with zero attached hydrogens (tertiary/aromatic N) is 2. The summed E-state index contributed by atoms with van der Waals surface area (Å²) in [6.07, 6.45) is 6.60. The van der Waals surface area contributed by atoms with Crippen LogP contribution in [-0.2, 0) is 13.1 Å². The first-order valence-electron chi connectivity index (χ1n) is 8.79. The number of aliphatic hydroxyl groups excluding tert-OH is 1. The van der Waals surface area contributed by atoms with E-state index in [2.05, 4.69) is 27.9 Å². The van der Waals surface area contributed by atoms with E-state index < -0.39 is 0 Å². The molecule has 2 amide bonds. The van der Waals surface area contributed by atoms with Crippen LogP contribution in [0.25, 0.3) is 0 Å². The molecule has 0 saturated heterocycles. The van der Waals surface area contributed by atoms with Crippen LogP contribution in [0.4, 0.5) is 4.79 Å². The van der Waals surface area contributed by atoms with Crippen LogP contribution in [0.15, 0.2) is 42.7 Å². The van der Waals surface area contributed by atoms with Crippen LogP contribution in [0.5, 0.6) is 0 Å². The Morgan fingerprint density at radius 3 is 3.00 bits per heavy atom. The van der Waals surface area contributed by atoms with E-state index in [0.717, 1.165) is 30.4 Å². The van der Waals surface area contributed by atoms with Gasteiger partial charge in [-0.3, -0.25) is 4.68 Å². The molecule has 2 aromatic rings. The van der Waals surface area contributed by atoms with Crippen molar-refractivity contribution >= 4 is 6.03 Å². The summed E-state index contributed by atoms with van der Waals surface area (Å²) < 4.78 is 1.87. The minimum absolute atomic E-state index is 0.0312. The molecular formula is C19H26N4O2. The Morgan fingerprint density at radius 2 is 2.24 bits per heavy atom. The van der Waals surface area contributed by atoms with E-state index in [-0.39, 0.29) is 24.1 Å². The highest BCUT2D eigenvalue weighted by Gasteiger charge is 2.39. The number of hydrogen-bond donors (Lipinski definition) is 3. The number of aliphatic hydroxyl groups is 1. The van der Waals surface area contributed by atoms with Gasteiger partial charge in [0.1, 0.15) is 0 Å². The highest BCUT2D eigenvalue weighted by Crippen LogP contribution is 2.37. The maximum Gasteiger partial charge on any atom is 0.315 e. The third-order valence-electron chi connectivity index (χ3n) is 5.10. The summed E-state index contributed by atoms with van der Waals surface area (Å²) in [6, 6.07) is 9.88. The summed E-state index contributed by atoms with van der Waals surface area (Å²) in [7, 11) is 0. The van der Waals surface area contributed by atoms with Crippen molar-refractivity contribution in [3.8, 4) is 0 Å². The molecule has 0 spiro atoms. The zero-order valence-corrected chi connectivity index (χ0v) is 14.6. The number of amides is 2. The SMILES string of the molecule is CC1(CO)CCCC1NC(=O)NCc1cccc(Cn2cccn2)c1. The first kappa shape index (κ1) is 17.5. The number of benzene rings is 1. The van der Waals surface area contributed by atoms with Crippen molar-refractivity contribution in [1.82, 2.24) is 20.4 Å². The lowest BCUT2D eigenvalue weighted by Gasteiger charge is -2.30. The third-order valence-corrected chi connectivity index (χ3v) is 5.10. The van der Waals surface area contributed by atoms with Crippen molar-refractivity contribution in [1.29, 1.82) is 0 Å². The van der Waals surface area contributed by atoms with Crippen LogP contribution in [0.3, 0.4) is 0 Å². The fraction of sp³-hybridized carbons (Fsp3) is 0.474. The van der Waals surface area contributed by atoms with Crippen LogP contribution in [0.1, 0.15) is 37.3 Å². The lowest BCUT2D eigenvalue weighted by atomic mass is 9.86. The van der Waals surface area contributed by atoms with E-state index in [1.54, 1.807) is 6.20 Å². The highest BCUT2D eigenvalue weighted by molar-refractivity contribution is 5.74. The van der Waals surface area contributed by atoms with Gasteiger partial charge in [0, 0.05) is 30.4 Å². The van der Waals surface area contributed by atoms with Gasteiger partial charge in [0.2, 0.25) is 0 Å². The fourth-order valence-electron chi connectivity index (χ4n) is 3.48. The van der Waals surface area contributed by atoms with Crippen molar-refractivity contribution in [2.75, 3.05) is 6.61 Å². The average Bonchev–Trinajstić information content (AvgIpc) is 3.24. The molecule has 6 heteroatoms. The van der Waals surface area contributed by atoms with Gasteiger partial charge in [-0.25, -0.2) is 4.79 Å². The standard InChI is InChI=1S/C19H26N4O2/c1-19(14-24)8-3-7-17(19)22-18(25)20-12-15-5-2-6-16(11-15)13-23-10-4-9-21-23/h2,4-6,9-11,17,24H,3,7-8,12-14H2,1H3,(H2,20,22,25). The molecule has 2 atom stereocenters. The van der Waals surface area contributed by atoms with Crippen molar-refractivity contribution in [3.05, 3.63) is 53.9 Å². The second-order valence-electron chi connectivity index (χ2n) is 7.11. The molecule has 3 N–H and O–H groups in total. The molecule has 1 aliphatic rings. The van der Waals surface area contributed by atoms with Gasteiger partial charge in [-0.15, -0.1) is 0 Å². The summed E-state index contributed by atoms with van der Waals surface area (Å²) in [6.45, 7) is 3.32. The fourth-order valence-corrected chi connectivity index (χ4v) is 3.48. The van der Waals surface area contributed by atoms with E-state index in [0.29, 0.717) is 13.1 Å². The molecule has 2 unspecified atom stereocenters. The lowest BCUT2D eigenvalue weighted by Crippen LogP contribution is -2.48. The molecule has 0 radical (unpaired) electrons. The van der Waals surface area contributed by atoms with Gasteiger partial charge in [0.25, 0.3) is 0 Å². The molecule has 0 aliphatic heterocycles. The largest absolute Gasteiger partial charge is 0.396 e. The molecule has 1 aromatic heterocycles. The average molecular weight is 342 g/mol. The Labute approximate surface area is 148 Å². The van der Waals surface area contributed by atoms with E-state index >= 15 is 0 Å². The van der Waals surface area contributed by atoms with Crippen LogP contribution in [0.2, 0.25) is 0 Å².